The summed E-state index contributed by atoms with van der Waals surface area (Å²) in [6.07, 6.45) is -5.83. The third-order valence-corrected chi connectivity index (χ3v) is 2.57. The number of amides is 1. The molecule has 21 heavy (non-hydrogen) atoms. The van der Waals surface area contributed by atoms with Crippen LogP contribution in [0.4, 0.5) is 23.7 Å². The van der Waals surface area contributed by atoms with E-state index in [9.17, 15) is 22.8 Å². The first-order valence-electron chi connectivity index (χ1n) is 5.99. The number of hydrogen-bond donors (Lipinski definition) is 2. The second-order valence-corrected chi connectivity index (χ2v) is 4.44. The SMILES string of the molecule is CC(CC(=O)O)c1ccc(NC(=O)OCC(F)(F)F)cc1. The maximum Gasteiger partial charge on any atom is 0.422 e. The molecule has 0 saturated heterocycles. The van der Waals surface area contributed by atoms with E-state index in [0.717, 1.165) is 5.56 Å². The maximum atomic E-state index is 11.8. The first-order chi connectivity index (χ1) is 9.67. The van der Waals surface area contributed by atoms with Gasteiger partial charge in [0, 0.05) is 5.69 Å². The van der Waals surface area contributed by atoms with Crippen LogP contribution in [0, 0.1) is 0 Å². The van der Waals surface area contributed by atoms with Crippen molar-refractivity contribution in [2.75, 3.05) is 11.9 Å². The summed E-state index contributed by atoms with van der Waals surface area (Å²) in [4.78, 5) is 21.7. The van der Waals surface area contributed by atoms with Gasteiger partial charge in [-0.2, -0.15) is 13.2 Å². The molecule has 116 valence electrons. The van der Waals surface area contributed by atoms with E-state index in [4.69, 9.17) is 5.11 Å². The summed E-state index contributed by atoms with van der Waals surface area (Å²) in [5.74, 6) is -1.14. The fraction of sp³-hybridized carbons (Fsp3) is 0.385. The van der Waals surface area contributed by atoms with Gasteiger partial charge in [0.25, 0.3) is 0 Å². The van der Waals surface area contributed by atoms with E-state index in [1.54, 1.807) is 19.1 Å². The van der Waals surface area contributed by atoms with Crippen molar-refractivity contribution < 1.29 is 32.6 Å². The molecule has 0 aromatic heterocycles. The minimum Gasteiger partial charge on any atom is -0.481 e. The molecule has 1 amide bonds. The van der Waals surface area contributed by atoms with E-state index in [1.165, 1.54) is 12.1 Å². The lowest BCUT2D eigenvalue weighted by Crippen LogP contribution is -2.23. The van der Waals surface area contributed by atoms with Crippen molar-refractivity contribution in [3.05, 3.63) is 29.8 Å². The Morgan fingerprint density at radius 1 is 1.29 bits per heavy atom. The highest BCUT2D eigenvalue weighted by Gasteiger charge is 2.29. The van der Waals surface area contributed by atoms with Crippen molar-refractivity contribution in [3.63, 3.8) is 0 Å². The van der Waals surface area contributed by atoms with Gasteiger partial charge < -0.3 is 9.84 Å². The number of carboxylic acid groups (broad SMARTS) is 1. The number of carbonyl (C=O) groups excluding carboxylic acids is 1. The van der Waals surface area contributed by atoms with Crippen LogP contribution in [0.25, 0.3) is 0 Å². The Hall–Kier alpha value is -2.25. The van der Waals surface area contributed by atoms with Gasteiger partial charge in [0.15, 0.2) is 6.61 Å². The minimum atomic E-state index is -4.58. The molecule has 0 spiro atoms. The van der Waals surface area contributed by atoms with Gasteiger partial charge in [-0.25, -0.2) is 4.79 Å². The molecule has 1 aromatic carbocycles. The first kappa shape index (κ1) is 16.8. The van der Waals surface area contributed by atoms with Crippen LogP contribution in [0.2, 0.25) is 0 Å². The lowest BCUT2D eigenvalue weighted by Gasteiger charge is -2.11. The number of rotatable bonds is 5. The standard InChI is InChI=1S/C13H14F3NO4/c1-8(6-11(18)19)9-2-4-10(5-3-9)17-12(20)21-7-13(14,15)16/h2-5,8H,6-7H2,1H3,(H,17,20)(H,18,19). The fourth-order valence-corrected chi connectivity index (χ4v) is 1.58. The first-order valence-corrected chi connectivity index (χ1v) is 5.99. The lowest BCUT2D eigenvalue weighted by atomic mass is 9.98. The highest BCUT2D eigenvalue weighted by atomic mass is 19.4. The van der Waals surface area contributed by atoms with Crippen LogP contribution >= 0.6 is 0 Å². The van der Waals surface area contributed by atoms with Crippen LogP contribution in [-0.4, -0.2) is 30.0 Å². The Bertz CT molecular complexity index is 499. The molecular formula is C13H14F3NO4. The zero-order valence-electron chi connectivity index (χ0n) is 11.1. The van der Waals surface area contributed by atoms with E-state index in [2.05, 4.69) is 10.1 Å². The molecule has 0 fully saturated rings. The van der Waals surface area contributed by atoms with Crippen LogP contribution in [0.1, 0.15) is 24.8 Å². The second kappa shape index (κ2) is 6.96. The van der Waals surface area contributed by atoms with E-state index < -0.39 is 24.8 Å². The predicted molar refractivity (Wildman–Crippen MR) is 68.1 cm³/mol. The molecule has 0 aliphatic heterocycles. The average Bonchev–Trinajstić information content (AvgIpc) is 2.35. The van der Waals surface area contributed by atoms with Crippen molar-refractivity contribution in [2.24, 2.45) is 0 Å². The van der Waals surface area contributed by atoms with Gasteiger partial charge in [0.1, 0.15) is 0 Å². The third kappa shape index (κ3) is 6.64. The van der Waals surface area contributed by atoms with E-state index in [-0.39, 0.29) is 18.0 Å². The number of ether oxygens (including phenoxy) is 1. The molecule has 0 heterocycles. The van der Waals surface area contributed by atoms with Crippen LogP contribution in [0.5, 0.6) is 0 Å². The topological polar surface area (TPSA) is 75.6 Å². The molecule has 0 bridgehead atoms. The van der Waals surface area contributed by atoms with Crippen molar-refractivity contribution in [2.45, 2.75) is 25.4 Å². The predicted octanol–water partition coefficient (Wildman–Crippen LogP) is 3.38. The molecule has 1 rings (SSSR count). The van der Waals surface area contributed by atoms with Crippen LogP contribution < -0.4 is 5.32 Å². The van der Waals surface area contributed by atoms with Gasteiger partial charge in [-0.3, -0.25) is 10.1 Å². The lowest BCUT2D eigenvalue weighted by molar-refractivity contribution is -0.159. The van der Waals surface area contributed by atoms with Crippen molar-refractivity contribution in [3.8, 4) is 0 Å². The summed E-state index contributed by atoms with van der Waals surface area (Å²) in [5, 5.41) is 10.8. The minimum absolute atomic E-state index is 0.0413. The van der Waals surface area contributed by atoms with Crippen molar-refractivity contribution in [1.29, 1.82) is 0 Å². The number of benzene rings is 1. The number of aliphatic carboxylic acids is 1. The third-order valence-electron chi connectivity index (χ3n) is 2.57. The Labute approximate surface area is 118 Å². The molecular weight excluding hydrogens is 291 g/mol. The van der Waals surface area contributed by atoms with E-state index >= 15 is 0 Å². The highest BCUT2D eigenvalue weighted by Crippen LogP contribution is 2.21. The molecule has 1 atom stereocenters. The zero-order chi connectivity index (χ0) is 16.0. The molecule has 8 heteroatoms. The van der Waals surface area contributed by atoms with Gasteiger partial charge in [0.2, 0.25) is 0 Å². The summed E-state index contributed by atoms with van der Waals surface area (Å²) in [7, 11) is 0. The Balaban J connectivity index is 2.54. The molecule has 0 saturated carbocycles. The molecule has 2 N–H and O–H groups in total. The molecule has 1 unspecified atom stereocenters. The molecule has 0 aliphatic rings. The van der Waals surface area contributed by atoms with Crippen molar-refractivity contribution in [1.82, 2.24) is 0 Å². The summed E-state index contributed by atoms with van der Waals surface area (Å²) in [6, 6.07) is 6.10. The smallest absolute Gasteiger partial charge is 0.422 e. The number of carbonyl (C=O) groups is 2. The number of halogens is 3. The number of alkyl halides is 3. The number of nitrogens with one attached hydrogen (secondary N) is 1. The molecule has 0 aliphatic carbocycles. The van der Waals surface area contributed by atoms with Gasteiger partial charge >= 0.3 is 18.2 Å². The van der Waals surface area contributed by atoms with Crippen molar-refractivity contribution >= 4 is 17.7 Å². The zero-order valence-corrected chi connectivity index (χ0v) is 11.1. The maximum absolute atomic E-state index is 11.8. The summed E-state index contributed by atoms with van der Waals surface area (Å²) in [5.41, 5.74) is 1.00. The van der Waals surface area contributed by atoms with Gasteiger partial charge in [0.05, 0.1) is 6.42 Å². The summed E-state index contributed by atoms with van der Waals surface area (Å²) < 4.78 is 39.5. The Kier molecular flexibility index (Phi) is 5.57. The van der Waals surface area contributed by atoms with Gasteiger partial charge in [-0.05, 0) is 23.6 Å². The van der Waals surface area contributed by atoms with E-state index in [1.807, 2.05) is 0 Å². The largest absolute Gasteiger partial charge is 0.481 e. The average molecular weight is 305 g/mol. The van der Waals surface area contributed by atoms with Crippen LogP contribution in [-0.2, 0) is 9.53 Å². The number of carboxylic acids is 1. The van der Waals surface area contributed by atoms with Crippen LogP contribution in [0.3, 0.4) is 0 Å². The molecule has 0 radical (unpaired) electrons. The van der Waals surface area contributed by atoms with E-state index in [0.29, 0.717) is 0 Å². The Morgan fingerprint density at radius 2 is 1.86 bits per heavy atom. The van der Waals surface area contributed by atoms with Gasteiger partial charge in [-0.1, -0.05) is 19.1 Å². The second-order valence-electron chi connectivity index (χ2n) is 4.44. The van der Waals surface area contributed by atoms with Crippen LogP contribution in [0.15, 0.2) is 24.3 Å². The fourth-order valence-electron chi connectivity index (χ4n) is 1.58. The quantitative estimate of drug-likeness (QED) is 0.874. The molecule has 5 nitrogen and oxygen atoms in total. The summed E-state index contributed by atoms with van der Waals surface area (Å²) >= 11 is 0. The number of anilines is 1. The summed E-state index contributed by atoms with van der Waals surface area (Å²) in [6.45, 7) is 0.0702. The number of hydrogen-bond acceptors (Lipinski definition) is 3. The molecule has 1 aromatic rings. The van der Waals surface area contributed by atoms with Gasteiger partial charge in [-0.15, -0.1) is 0 Å². The monoisotopic (exact) mass is 305 g/mol. The normalized spacial score (nSPS) is 12.6. The highest BCUT2D eigenvalue weighted by molar-refractivity contribution is 5.84. The Morgan fingerprint density at radius 3 is 2.33 bits per heavy atom.